The number of aryl methyl sites for hydroxylation is 1. The van der Waals surface area contributed by atoms with Crippen LogP contribution in [0.15, 0.2) is 30.3 Å². The van der Waals surface area contributed by atoms with Gasteiger partial charge in [0.2, 0.25) is 17.7 Å². The van der Waals surface area contributed by atoms with Gasteiger partial charge in [-0.2, -0.15) is 5.10 Å². The number of para-hydroxylation sites is 1. The minimum atomic E-state index is -0.731. The SMILES string of the molecule is Cc1nn(-c2ccccc2)c(C)c1CC(=O)N1CCC2(CC(=O)NC2=O)C1. The van der Waals surface area contributed by atoms with Crippen molar-refractivity contribution in [3.05, 3.63) is 47.3 Å². The number of carbonyl (C=O) groups excluding carboxylic acids is 3. The molecule has 3 amide bonds. The Morgan fingerprint density at radius 1 is 1.22 bits per heavy atom. The second-order valence-electron chi connectivity index (χ2n) is 7.47. The summed E-state index contributed by atoms with van der Waals surface area (Å²) in [7, 11) is 0. The van der Waals surface area contributed by atoms with Gasteiger partial charge in [0, 0.05) is 30.8 Å². The first-order valence-electron chi connectivity index (χ1n) is 9.12. The maximum Gasteiger partial charge on any atom is 0.235 e. The molecule has 1 aromatic heterocycles. The van der Waals surface area contributed by atoms with Crippen molar-refractivity contribution in [1.29, 1.82) is 0 Å². The molecule has 2 aliphatic rings. The summed E-state index contributed by atoms with van der Waals surface area (Å²) >= 11 is 0. The third-order valence-corrected chi connectivity index (χ3v) is 5.71. The quantitative estimate of drug-likeness (QED) is 0.830. The largest absolute Gasteiger partial charge is 0.341 e. The van der Waals surface area contributed by atoms with Gasteiger partial charge >= 0.3 is 0 Å². The van der Waals surface area contributed by atoms with Crippen LogP contribution < -0.4 is 5.32 Å². The predicted molar refractivity (Wildman–Crippen MR) is 98.1 cm³/mol. The van der Waals surface area contributed by atoms with Crippen molar-refractivity contribution in [2.24, 2.45) is 5.41 Å². The van der Waals surface area contributed by atoms with Gasteiger partial charge in [-0.05, 0) is 32.4 Å². The first-order valence-corrected chi connectivity index (χ1v) is 9.12. The molecular weight excluding hydrogens is 344 g/mol. The molecule has 4 rings (SSSR count). The van der Waals surface area contributed by atoms with E-state index in [1.807, 2.05) is 48.9 Å². The third-order valence-electron chi connectivity index (χ3n) is 5.71. The van der Waals surface area contributed by atoms with Crippen LogP contribution in [0.25, 0.3) is 5.69 Å². The number of rotatable bonds is 3. The lowest BCUT2D eigenvalue weighted by atomic mass is 9.85. The number of carbonyl (C=O) groups is 3. The Balaban J connectivity index is 1.52. The van der Waals surface area contributed by atoms with Crippen LogP contribution in [0.2, 0.25) is 0 Å². The van der Waals surface area contributed by atoms with E-state index in [1.54, 1.807) is 4.90 Å². The van der Waals surface area contributed by atoms with E-state index >= 15 is 0 Å². The summed E-state index contributed by atoms with van der Waals surface area (Å²) < 4.78 is 1.85. The number of imide groups is 1. The molecule has 1 unspecified atom stereocenters. The van der Waals surface area contributed by atoms with Crippen LogP contribution in [0.4, 0.5) is 0 Å². The van der Waals surface area contributed by atoms with Gasteiger partial charge < -0.3 is 4.90 Å². The van der Waals surface area contributed by atoms with Crippen molar-refractivity contribution in [3.63, 3.8) is 0 Å². The van der Waals surface area contributed by atoms with Crippen LogP contribution in [-0.2, 0) is 20.8 Å². The van der Waals surface area contributed by atoms with Gasteiger partial charge in [-0.3, -0.25) is 19.7 Å². The number of likely N-dealkylation sites (tertiary alicyclic amines) is 1. The molecular formula is C20H22N4O3. The number of nitrogens with one attached hydrogen (secondary N) is 1. The van der Waals surface area contributed by atoms with Crippen molar-refractivity contribution in [1.82, 2.24) is 20.0 Å². The maximum absolute atomic E-state index is 12.9. The summed E-state index contributed by atoms with van der Waals surface area (Å²) in [4.78, 5) is 38.3. The fourth-order valence-electron chi connectivity index (χ4n) is 4.12. The maximum atomic E-state index is 12.9. The van der Waals surface area contributed by atoms with E-state index in [4.69, 9.17) is 0 Å². The van der Waals surface area contributed by atoms with Crippen LogP contribution in [0, 0.1) is 19.3 Å². The normalized spacial score (nSPS) is 21.9. The number of nitrogens with zero attached hydrogens (tertiary/aromatic N) is 3. The molecule has 1 aromatic carbocycles. The van der Waals surface area contributed by atoms with Gasteiger partial charge in [0.25, 0.3) is 0 Å². The zero-order chi connectivity index (χ0) is 19.2. The Kier molecular flexibility index (Phi) is 4.09. The van der Waals surface area contributed by atoms with Crippen molar-refractivity contribution >= 4 is 17.7 Å². The summed E-state index contributed by atoms with van der Waals surface area (Å²) in [5.41, 5.74) is 2.90. The molecule has 0 bridgehead atoms. The number of hydrogen-bond donors (Lipinski definition) is 1. The minimum Gasteiger partial charge on any atom is -0.341 e. The Hall–Kier alpha value is -2.96. The number of aromatic nitrogens is 2. The van der Waals surface area contributed by atoms with E-state index < -0.39 is 5.41 Å². The zero-order valence-corrected chi connectivity index (χ0v) is 15.5. The fraction of sp³-hybridized carbons (Fsp3) is 0.400. The molecule has 1 atom stereocenters. The van der Waals surface area contributed by atoms with Crippen molar-refractivity contribution in [3.8, 4) is 5.69 Å². The van der Waals surface area contributed by atoms with Crippen molar-refractivity contribution in [2.75, 3.05) is 13.1 Å². The van der Waals surface area contributed by atoms with E-state index in [-0.39, 0.29) is 30.6 Å². The van der Waals surface area contributed by atoms with Crippen LogP contribution in [-0.4, -0.2) is 45.5 Å². The Bertz CT molecular complexity index is 934. The smallest absolute Gasteiger partial charge is 0.235 e. The molecule has 140 valence electrons. The molecule has 2 saturated heterocycles. The first kappa shape index (κ1) is 17.5. The lowest BCUT2D eigenvalue weighted by Gasteiger charge is -2.20. The molecule has 0 saturated carbocycles. The molecule has 2 fully saturated rings. The second kappa shape index (κ2) is 6.33. The standard InChI is InChI=1S/C20H22N4O3/c1-13-16(14(2)24(22-13)15-6-4-3-5-7-15)10-18(26)23-9-8-20(12-23)11-17(25)21-19(20)27/h3-7H,8-12H2,1-2H3,(H,21,25,27). The van der Waals surface area contributed by atoms with Crippen LogP contribution in [0.1, 0.15) is 29.8 Å². The summed E-state index contributed by atoms with van der Waals surface area (Å²) in [6, 6.07) is 9.81. The van der Waals surface area contributed by atoms with Gasteiger partial charge in [-0.1, -0.05) is 18.2 Å². The average molecular weight is 366 g/mol. The second-order valence-corrected chi connectivity index (χ2v) is 7.47. The molecule has 1 spiro atoms. The van der Waals surface area contributed by atoms with Crippen LogP contribution in [0.5, 0.6) is 0 Å². The highest BCUT2D eigenvalue weighted by atomic mass is 16.2. The van der Waals surface area contributed by atoms with Gasteiger partial charge in [-0.25, -0.2) is 4.68 Å². The fourth-order valence-corrected chi connectivity index (χ4v) is 4.12. The van der Waals surface area contributed by atoms with E-state index in [9.17, 15) is 14.4 Å². The van der Waals surface area contributed by atoms with E-state index in [1.165, 1.54) is 0 Å². The molecule has 0 radical (unpaired) electrons. The Morgan fingerprint density at radius 2 is 1.96 bits per heavy atom. The highest BCUT2D eigenvalue weighted by Crippen LogP contribution is 2.37. The van der Waals surface area contributed by atoms with Gasteiger partial charge in [-0.15, -0.1) is 0 Å². The monoisotopic (exact) mass is 366 g/mol. The predicted octanol–water partition coefficient (Wildman–Crippen LogP) is 1.30. The molecule has 2 aromatic rings. The summed E-state index contributed by atoms with van der Waals surface area (Å²) in [6.45, 7) is 4.69. The molecule has 7 nitrogen and oxygen atoms in total. The van der Waals surface area contributed by atoms with Crippen molar-refractivity contribution < 1.29 is 14.4 Å². The highest BCUT2D eigenvalue weighted by Gasteiger charge is 2.51. The molecule has 7 heteroatoms. The lowest BCUT2D eigenvalue weighted by molar-refractivity contribution is -0.131. The van der Waals surface area contributed by atoms with Crippen molar-refractivity contribution in [2.45, 2.75) is 33.1 Å². The van der Waals surface area contributed by atoms with E-state index in [0.29, 0.717) is 19.5 Å². The average Bonchev–Trinajstić information content (AvgIpc) is 3.28. The first-order chi connectivity index (χ1) is 12.9. The van der Waals surface area contributed by atoms with E-state index in [2.05, 4.69) is 10.4 Å². The van der Waals surface area contributed by atoms with Gasteiger partial charge in [0.15, 0.2) is 0 Å². The minimum absolute atomic E-state index is 0.0298. The molecule has 2 aliphatic heterocycles. The molecule has 0 aliphatic carbocycles. The summed E-state index contributed by atoms with van der Waals surface area (Å²) in [5, 5.41) is 6.96. The number of amides is 3. The number of benzene rings is 1. The Morgan fingerprint density at radius 3 is 2.63 bits per heavy atom. The van der Waals surface area contributed by atoms with Gasteiger partial charge in [0.1, 0.15) is 0 Å². The van der Waals surface area contributed by atoms with Crippen LogP contribution >= 0.6 is 0 Å². The van der Waals surface area contributed by atoms with Crippen LogP contribution in [0.3, 0.4) is 0 Å². The van der Waals surface area contributed by atoms with Gasteiger partial charge in [0.05, 0.1) is 23.2 Å². The van der Waals surface area contributed by atoms with E-state index in [0.717, 1.165) is 22.6 Å². The lowest BCUT2D eigenvalue weighted by Crippen LogP contribution is -2.37. The number of hydrogen-bond acceptors (Lipinski definition) is 4. The molecule has 3 heterocycles. The highest BCUT2D eigenvalue weighted by molar-refractivity contribution is 6.06. The Labute approximate surface area is 157 Å². The third kappa shape index (κ3) is 2.93. The molecule has 27 heavy (non-hydrogen) atoms. The summed E-state index contributed by atoms with van der Waals surface area (Å²) in [6.07, 6.45) is 0.966. The topological polar surface area (TPSA) is 84.3 Å². The zero-order valence-electron chi connectivity index (χ0n) is 15.5. The summed E-state index contributed by atoms with van der Waals surface area (Å²) in [5.74, 6) is -0.519. The molecule has 1 N–H and O–H groups in total.